The van der Waals surface area contributed by atoms with Gasteiger partial charge in [-0.2, -0.15) is 0 Å². The maximum atomic E-state index is 10.9. The van der Waals surface area contributed by atoms with Gasteiger partial charge in [-0.15, -0.1) is 11.3 Å². The molecule has 1 aromatic heterocycles. The molecular formula is C12H13N3O2S. The number of anilines is 2. The predicted molar refractivity (Wildman–Crippen MR) is 71.7 cm³/mol. The summed E-state index contributed by atoms with van der Waals surface area (Å²) < 4.78 is 0. The van der Waals surface area contributed by atoms with Crippen molar-refractivity contribution in [2.24, 2.45) is 0 Å². The van der Waals surface area contributed by atoms with Crippen molar-refractivity contribution in [3.05, 3.63) is 40.8 Å². The topological polar surface area (TPSA) is 79.5 Å². The van der Waals surface area contributed by atoms with Gasteiger partial charge in [0.15, 0.2) is 0 Å². The molecule has 0 aliphatic carbocycles. The molecule has 94 valence electrons. The van der Waals surface area contributed by atoms with Crippen LogP contribution in [0.2, 0.25) is 0 Å². The maximum absolute atomic E-state index is 10.9. The van der Waals surface area contributed by atoms with Crippen LogP contribution >= 0.6 is 11.3 Å². The first-order valence-corrected chi connectivity index (χ1v) is 6.23. The van der Waals surface area contributed by atoms with Crippen molar-refractivity contribution in [2.45, 2.75) is 6.54 Å². The molecule has 2 aromatic rings. The van der Waals surface area contributed by atoms with Crippen LogP contribution in [-0.4, -0.2) is 22.6 Å². The van der Waals surface area contributed by atoms with Crippen LogP contribution in [0.3, 0.4) is 0 Å². The summed E-state index contributed by atoms with van der Waals surface area (Å²) in [6, 6.07) is 7.24. The number of rotatable bonds is 5. The van der Waals surface area contributed by atoms with Gasteiger partial charge in [-0.05, 0) is 12.1 Å². The molecule has 0 fully saturated rings. The number of nitrogen functional groups attached to an aromatic ring is 1. The van der Waals surface area contributed by atoms with Crippen LogP contribution in [0.4, 0.5) is 11.4 Å². The summed E-state index contributed by atoms with van der Waals surface area (Å²) in [6.45, 7) is 0.400. The van der Waals surface area contributed by atoms with Gasteiger partial charge < -0.3 is 15.7 Å². The third-order valence-corrected chi connectivity index (χ3v) is 3.20. The number of carbonyl (C=O) groups is 1. The van der Waals surface area contributed by atoms with E-state index < -0.39 is 5.97 Å². The molecule has 0 aliphatic heterocycles. The first kappa shape index (κ1) is 12.4. The molecule has 0 amide bonds. The second-order valence-electron chi connectivity index (χ2n) is 3.78. The zero-order chi connectivity index (χ0) is 13.0. The first-order chi connectivity index (χ1) is 8.66. The minimum atomic E-state index is -0.886. The normalized spacial score (nSPS) is 10.2. The van der Waals surface area contributed by atoms with E-state index >= 15 is 0 Å². The molecule has 0 aliphatic rings. The molecule has 1 heterocycles. The summed E-state index contributed by atoms with van der Waals surface area (Å²) in [5.41, 5.74) is 8.91. The molecule has 5 nitrogen and oxygen atoms in total. The van der Waals surface area contributed by atoms with Crippen LogP contribution in [-0.2, 0) is 11.3 Å². The predicted octanol–water partition coefficient (Wildman–Crippen LogP) is 1.82. The summed E-state index contributed by atoms with van der Waals surface area (Å²) >= 11 is 1.49. The van der Waals surface area contributed by atoms with Gasteiger partial charge in [0.25, 0.3) is 0 Å². The lowest BCUT2D eigenvalue weighted by atomic mass is 10.2. The minimum absolute atomic E-state index is 0.0912. The van der Waals surface area contributed by atoms with Gasteiger partial charge in [-0.25, -0.2) is 0 Å². The summed E-state index contributed by atoms with van der Waals surface area (Å²) in [7, 11) is 0. The van der Waals surface area contributed by atoms with Gasteiger partial charge in [0.05, 0.1) is 23.4 Å². The van der Waals surface area contributed by atoms with Crippen LogP contribution in [0, 0.1) is 0 Å². The fourth-order valence-corrected chi connectivity index (χ4v) is 2.28. The number of thiazole rings is 1. The standard InChI is InChI=1S/C12H13N3O2S/c13-10-3-1-2-4-11(10)15(7-12(16)17)6-9-5-14-8-18-9/h1-5,8H,6-7,13H2,(H,16,17). The van der Waals surface area contributed by atoms with E-state index in [0.29, 0.717) is 12.2 Å². The summed E-state index contributed by atoms with van der Waals surface area (Å²) in [6.07, 6.45) is 1.73. The first-order valence-electron chi connectivity index (χ1n) is 5.35. The van der Waals surface area contributed by atoms with Gasteiger partial charge in [-0.3, -0.25) is 9.78 Å². The quantitative estimate of drug-likeness (QED) is 0.804. The lowest BCUT2D eigenvalue weighted by molar-refractivity contribution is -0.135. The van der Waals surface area contributed by atoms with Crippen LogP contribution in [0.15, 0.2) is 36.0 Å². The second-order valence-corrected chi connectivity index (χ2v) is 4.75. The summed E-state index contributed by atoms with van der Waals surface area (Å²) in [5.74, 6) is -0.886. The van der Waals surface area contributed by atoms with Gasteiger partial charge in [0, 0.05) is 11.1 Å². The number of nitrogens with two attached hydrogens (primary N) is 1. The van der Waals surface area contributed by atoms with E-state index in [2.05, 4.69) is 4.98 Å². The van der Waals surface area contributed by atoms with Crippen molar-refractivity contribution in [3.63, 3.8) is 0 Å². The van der Waals surface area contributed by atoms with Crippen LogP contribution in [0.1, 0.15) is 4.88 Å². The average molecular weight is 263 g/mol. The molecule has 18 heavy (non-hydrogen) atoms. The monoisotopic (exact) mass is 263 g/mol. The van der Waals surface area contributed by atoms with Crippen molar-refractivity contribution >= 4 is 28.7 Å². The van der Waals surface area contributed by atoms with E-state index in [1.807, 2.05) is 18.2 Å². The lowest BCUT2D eigenvalue weighted by Crippen LogP contribution is -2.29. The highest BCUT2D eigenvalue weighted by atomic mass is 32.1. The number of hydrogen-bond donors (Lipinski definition) is 2. The molecule has 6 heteroatoms. The molecule has 2 rings (SSSR count). The average Bonchev–Trinajstić information content (AvgIpc) is 2.81. The Morgan fingerprint density at radius 3 is 2.83 bits per heavy atom. The zero-order valence-corrected chi connectivity index (χ0v) is 10.4. The third kappa shape index (κ3) is 2.98. The van der Waals surface area contributed by atoms with Crippen molar-refractivity contribution < 1.29 is 9.90 Å². The molecule has 0 unspecified atom stereocenters. The zero-order valence-electron chi connectivity index (χ0n) is 9.61. The van der Waals surface area contributed by atoms with Crippen molar-refractivity contribution in [2.75, 3.05) is 17.2 Å². The number of carboxylic acid groups (broad SMARTS) is 1. The largest absolute Gasteiger partial charge is 0.480 e. The van der Waals surface area contributed by atoms with Crippen molar-refractivity contribution in [1.29, 1.82) is 0 Å². The molecule has 0 atom stereocenters. The summed E-state index contributed by atoms with van der Waals surface area (Å²) in [5, 5.41) is 8.97. The van der Waals surface area contributed by atoms with Gasteiger partial charge in [0.2, 0.25) is 0 Å². The second kappa shape index (κ2) is 5.50. The van der Waals surface area contributed by atoms with Gasteiger partial charge in [0.1, 0.15) is 6.54 Å². The number of nitrogens with zero attached hydrogens (tertiary/aromatic N) is 2. The molecule has 0 saturated heterocycles. The number of aliphatic carboxylic acids is 1. The molecule has 1 aromatic carbocycles. The number of aromatic nitrogens is 1. The Bertz CT molecular complexity index is 528. The van der Waals surface area contributed by atoms with E-state index in [1.54, 1.807) is 22.7 Å². The molecule has 3 N–H and O–H groups in total. The SMILES string of the molecule is Nc1ccccc1N(CC(=O)O)Cc1cncs1. The summed E-state index contributed by atoms with van der Waals surface area (Å²) in [4.78, 5) is 17.6. The highest BCUT2D eigenvalue weighted by Crippen LogP contribution is 2.24. The van der Waals surface area contributed by atoms with E-state index in [1.165, 1.54) is 11.3 Å². The highest BCUT2D eigenvalue weighted by molar-refractivity contribution is 7.09. The Kier molecular flexibility index (Phi) is 3.78. The Hall–Kier alpha value is -2.08. The van der Waals surface area contributed by atoms with Gasteiger partial charge >= 0.3 is 5.97 Å². The number of carboxylic acids is 1. The van der Waals surface area contributed by atoms with E-state index in [-0.39, 0.29) is 6.54 Å². The van der Waals surface area contributed by atoms with E-state index in [4.69, 9.17) is 10.8 Å². The van der Waals surface area contributed by atoms with Crippen LogP contribution in [0.5, 0.6) is 0 Å². The van der Waals surface area contributed by atoms with Crippen LogP contribution in [0.25, 0.3) is 0 Å². The smallest absolute Gasteiger partial charge is 0.323 e. The van der Waals surface area contributed by atoms with Gasteiger partial charge in [-0.1, -0.05) is 12.1 Å². The molecule has 0 bridgehead atoms. The highest BCUT2D eigenvalue weighted by Gasteiger charge is 2.14. The molecular weight excluding hydrogens is 250 g/mol. The van der Waals surface area contributed by atoms with E-state index in [9.17, 15) is 4.79 Å². The van der Waals surface area contributed by atoms with Crippen molar-refractivity contribution in [3.8, 4) is 0 Å². The Labute approximate surface area is 108 Å². The number of benzene rings is 1. The Balaban J connectivity index is 2.25. The van der Waals surface area contributed by atoms with Crippen LogP contribution < -0.4 is 10.6 Å². The number of para-hydroxylation sites is 2. The Morgan fingerprint density at radius 1 is 1.44 bits per heavy atom. The lowest BCUT2D eigenvalue weighted by Gasteiger charge is -2.23. The minimum Gasteiger partial charge on any atom is -0.480 e. The maximum Gasteiger partial charge on any atom is 0.323 e. The molecule has 0 spiro atoms. The number of hydrogen-bond acceptors (Lipinski definition) is 5. The fourth-order valence-electron chi connectivity index (χ4n) is 1.67. The fraction of sp³-hybridized carbons (Fsp3) is 0.167. The Morgan fingerprint density at radius 2 is 2.22 bits per heavy atom. The molecule has 0 radical (unpaired) electrons. The van der Waals surface area contributed by atoms with Crippen molar-refractivity contribution in [1.82, 2.24) is 4.98 Å². The third-order valence-electron chi connectivity index (χ3n) is 2.43. The van der Waals surface area contributed by atoms with E-state index in [0.717, 1.165) is 10.6 Å². The molecule has 0 saturated carbocycles.